The van der Waals surface area contributed by atoms with E-state index in [1.807, 2.05) is 32.9 Å². The van der Waals surface area contributed by atoms with Crippen LogP contribution in [-0.4, -0.2) is 31.9 Å². The van der Waals surface area contributed by atoms with Crippen molar-refractivity contribution in [3.8, 4) is 11.5 Å². The van der Waals surface area contributed by atoms with E-state index < -0.39 is 52.5 Å². The van der Waals surface area contributed by atoms with E-state index in [-0.39, 0.29) is 9.82 Å². The highest BCUT2D eigenvalue weighted by Crippen LogP contribution is 2.69. The van der Waals surface area contributed by atoms with Gasteiger partial charge in [-0.3, -0.25) is 4.55 Å². The van der Waals surface area contributed by atoms with Crippen LogP contribution < -0.4 is 8.92 Å². The summed E-state index contributed by atoms with van der Waals surface area (Å²) in [5.41, 5.74) is -0.275. The molecule has 0 unspecified atom stereocenters. The molecule has 0 aliphatic carbocycles. The molecule has 5 rings (SSSR count). The molecule has 0 radical (unpaired) electrons. The third-order valence-electron chi connectivity index (χ3n) is 6.84. The van der Waals surface area contributed by atoms with Gasteiger partial charge in [0.1, 0.15) is 21.1 Å². The van der Waals surface area contributed by atoms with E-state index in [1.165, 1.54) is 12.1 Å². The van der Waals surface area contributed by atoms with Crippen molar-refractivity contribution in [2.45, 2.75) is 57.8 Å². The van der Waals surface area contributed by atoms with E-state index in [4.69, 9.17) is 13.2 Å². The smallest absolute Gasteiger partial charge is 0.362 e. The molecule has 0 aliphatic rings. The molecule has 0 spiro atoms. The third kappa shape index (κ3) is 7.71. The van der Waals surface area contributed by atoms with Crippen LogP contribution in [0.25, 0.3) is 0 Å². The van der Waals surface area contributed by atoms with E-state index in [1.54, 1.807) is 91.9 Å². The van der Waals surface area contributed by atoms with Gasteiger partial charge in [-0.2, -0.15) is 21.1 Å². The number of hydrogen-bond donors (Lipinski definition) is 1. The summed E-state index contributed by atoms with van der Waals surface area (Å²) >= 11 is 0. The highest BCUT2D eigenvalue weighted by Gasteiger charge is 2.43. The average Bonchev–Trinajstić information content (AvgIpc) is 3.04. The standard InChI is InChI=1S/C35H33NO9S3/c1-26-15-19-31(20-16-26)48(41,42)44-34-24-23-32(47(38,39)40)25-33(34)36(37)45-46(28-11-7-5-8-12-28,29-13-9-6-10-14-29)30-21-17-27(18-22-30)43-35(2,3)4/h5-25H,1-4H3/p+1. The van der Waals surface area contributed by atoms with Gasteiger partial charge in [-0.05, 0) is 100 Å². The normalized spacial score (nSPS) is 12.6. The molecule has 0 bridgehead atoms. The number of aryl methyl sites for hydroxylation is 1. The Balaban J connectivity index is 1.69. The van der Waals surface area contributed by atoms with Gasteiger partial charge in [0.2, 0.25) is 5.75 Å². The summed E-state index contributed by atoms with van der Waals surface area (Å²) in [5, 5.41) is 0. The maximum absolute atomic E-state index is 14.3. The van der Waals surface area contributed by atoms with Crippen LogP contribution >= 0.6 is 10.3 Å². The SMILES string of the molecule is Cc1ccc(S(=O)(=O)Oc2ccc(S(=O)(=O)O)cc2[N+](=O)OS(c2ccccc2)(c2ccccc2)c2ccc(OC(C)(C)C)cc2)cc1. The highest BCUT2D eigenvalue weighted by atomic mass is 32.3. The monoisotopic (exact) mass is 708 g/mol. The van der Waals surface area contributed by atoms with Gasteiger partial charge in [-0.15, -0.1) is 0 Å². The first kappa shape index (κ1) is 34.6. The minimum atomic E-state index is -4.83. The molecule has 1 N–H and O–H groups in total. The van der Waals surface area contributed by atoms with Crippen molar-refractivity contribution < 1.29 is 39.5 Å². The molecule has 0 saturated heterocycles. The van der Waals surface area contributed by atoms with Crippen LogP contribution in [0.2, 0.25) is 0 Å². The topological polar surface area (TPSA) is 136 Å². The lowest BCUT2D eigenvalue weighted by molar-refractivity contribution is -0.697. The maximum atomic E-state index is 14.3. The van der Waals surface area contributed by atoms with Crippen molar-refractivity contribution in [3.63, 3.8) is 0 Å². The van der Waals surface area contributed by atoms with Crippen molar-refractivity contribution in [2.75, 3.05) is 0 Å². The second-order valence-electron chi connectivity index (χ2n) is 11.7. The van der Waals surface area contributed by atoms with Gasteiger partial charge in [0, 0.05) is 20.8 Å². The molecule has 5 aromatic rings. The molecule has 5 aromatic carbocycles. The van der Waals surface area contributed by atoms with Crippen LogP contribution in [0, 0.1) is 11.8 Å². The molecule has 0 fully saturated rings. The Labute approximate surface area is 281 Å². The second-order valence-corrected chi connectivity index (χ2v) is 17.3. The van der Waals surface area contributed by atoms with Crippen molar-refractivity contribution in [3.05, 3.63) is 138 Å². The number of ether oxygens (including phenoxy) is 1. The van der Waals surface area contributed by atoms with Crippen molar-refractivity contribution in [2.24, 2.45) is 0 Å². The fraction of sp³-hybridized carbons (Fsp3) is 0.143. The minimum Gasteiger partial charge on any atom is -0.488 e. The predicted octanol–water partition coefficient (Wildman–Crippen LogP) is 8.43. The number of rotatable bonds is 11. The van der Waals surface area contributed by atoms with E-state index in [9.17, 15) is 26.3 Å². The highest BCUT2D eigenvalue weighted by molar-refractivity contribution is 8.29. The van der Waals surface area contributed by atoms with Gasteiger partial charge < -0.3 is 8.92 Å². The van der Waals surface area contributed by atoms with Crippen LogP contribution in [0.15, 0.2) is 152 Å². The molecule has 0 aromatic heterocycles. The van der Waals surface area contributed by atoms with Gasteiger partial charge in [0.15, 0.2) is 0 Å². The molecular formula is C35H34NO9S3+. The Morgan fingerprint density at radius 3 is 1.60 bits per heavy atom. The Morgan fingerprint density at radius 1 is 0.625 bits per heavy atom. The van der Waals surface area contributed by atoms with Crippen LogP contribution in [0.4, 0.5) is 5.69 Å². The summed E-state index contributed by atoms with van der Waals surface area (Å²) in [7, 11) is -12.3. The fourth-order valence-electron chi connectivity index (χ4n) is 4.70. The van der Waals surface area contributed by atoms with Crippen molar-refractivity contribution >= 4 is 36.2 Å². The minimum absolute atomic E-state index is 0.0313. The Hall–Kier alpha value is -4.69. The van der Waals surface area contributed by atoms with Crippen LogP contribution in [0.5, 0.6) is 11.5 Å². The van der Waals surface area contributed by atoms with Gasteiger partial charge in [-0.1, -0.05) is 54.1 Å². The molecule has 0 amide bonds. The van der Waals surface area contributed by atoms with Gasteiger partial charge >= 0.3 is 15.8 Å². The predicted molar refractivity (Wildman–Crippen MR) is 182 cm³/mol. The second kappa shape index (κ2) is 13.4. The molecule has 48 heavy (non-hydrogen) atoms. The first-order chi connectivity index (χ1) is 22.6. The van der Waals surface area contributed by atoms with E-state index in [0.29, 0.717) is 20.4 Å². The number of hydrogen-bond acceptors (Lipinski definition) is 8. The van der Waals surface area contributed by atoms with Gasteiger partial charge in [-0.25, -0.2) is 0 Å². The fourth-order valence-corrected chi connectivity index (χ4v) is 9.10. The van der Waals surface area contributed by atoms with E-state index in [2.05, 4.69) is 0 Å². The number of nitrogens with zero attached hydrogens (tertiary/aromatic N) is 1. The van der Waals surface area contributed by atoms with E-state index >= 15 is 0 Å². The molecule has 0 heterocycles. The Kier molecular flexibility index (Phi) is 9.70. The number of benzene rings is 5. The summed E-state index contributed by atoms with van der Waals surface area (Å²) in [5.74, 6) is 0.0545. The average molecular weight is 709 g/mol. The zero-order valence-electron chi connectivity index (χ0n) is 26.5. The van der Waals surface area contributed by atoms with Gasteiger partial charge in [0.25, 0.3) is 15.0 Å². The molecular weight excluding hydrogens is 675 g/mol. The molecule has 250 valence electrons. The molecule has 0 aliphatic heterocycles. The lowest BCUT2D eigenvalue weighted by Gasteiger charge is -2.34. The van der Waals surface area contributed by atoms with Crippen LogP contribution in [0.3, 0.4) is 0 Å². The zero-order valence-corrected chi connectivity index (χ0v) is 29.0. The van der Waals surface area contributed by atoms with Crippen LogP contribution in [0.1, 0.15) is 26.3 Å². The lowest BCUT2D eigenvalue weighted by atomic mass is 10.2. The summed E-state index contributed by atoms with van der Waals surface area (Å²) in [6.07, 6.45) is 0. The first-order valence-electron chi connectivity index (χ1n) is 14.6. The van der Waals surface area contributed by atoms with Crippen LogP contribution in [-0.2, 0) is 24.5 Å². The Morgan fingerprint density at radius 2 is 1.10 bits per heavy atom. The lowest BCUT2D eigenvalue weighted by Crippen LogP contribution is -2.22. The zero-order chi connectivity index (χ0) is 34.7. The third-order valence-corrected chi connectivity index (χ3v) is 12.1. The molecule has 0 saturated carbocycles. The van der Waals surface area contributed by atoms with Crippen molar-refractivity contribution in [1.82, 2.24) is 0 Å². The molecule has 13 heteroatoms. The van der Waals surface area contributed by atoms with Gasteiger partial charge in [0.05, 0.1) is 15.2 Å². The first-order valence-corrected chi connectivity index (χ1v) is 19.0. The van der Waals surface area contributed by atoms with E-state index in [0.717, 1.165) is 23.8 Å². The summed E-state index contributed by atoms with van der Waals surface area (Å²) in [4.78, 5) is 15.3. The van der Waals surface area contributed by atoms with Crippen molar-refractivity contribution in [1.29, 1.82) is 0 Å². The Bertz CT molecular complexity index is 2090. The maximum Gasteiger partial charge on any atom is 0.362 e. The summed E-state index contributed by atoms with van der Waals surface area (Å²) in [6, 6.07) is 33.6. The summed E-state index contributed by atoms with van der Waals surface area (Å²) < 4.78 is 78.6. The molecule has 10 nitrogen and oxygen atoms in total. The molecule has 0 atom stereocenters. The summed E-state index contributed by atoms with van der Waals surface area (Å²) in [6.45, 7) is 7.54. The quantitative estimate of drug-likeness (QED) is 0.0815. The largest absolute Gasteiger partial charge is 0.488 e.